The standard InChI is InChI=1S/C12H19ClN2O3/c1-6-7-15(9(2)8-10(13)14-17)11(16)18-12(3,4)5/h1,9,17H,7-8H2,2-5H3/t9-/m0/s1. The van der Waals surface area contributed by atoms with Crippen LogP contribution in [0.2, 0.25) is 0 Å². The summed E-state index contributed by atoms with van der Waals surface area (Å²) in [5.41, 5.74) is -0.599. The fourth-order valence-corrected chi connectivity index (χ4v) is 1.44. The number of hydrogen-bond donors (Lipinski definition) is 1. The van der Waals surface area contributed by atoms with Crippen molar-refractivity contribution in [2.24, 2.45) is 5.16 Å². The van der Waals surface area contributed by atoms with Crippen molar-refractivity contribution in [2.45, 2.75) is 45.8 Å². The van der Waals surface area contributed by atoms with Gasteiger partial charge in [-0.05, 0) is 27.7 Å². The maximum absolute atomic E-state index is 11.9. The number of carbonyl (C=O) groups is 1. The molecule has 0 fully saturated rings. The van der Waals surface area contributed by atoms with E-state index in [0.717, 1.165) is 0 Å². The number of oxime groups is 1. The van der Waals surface area contributed by atoms with Crippen LogP contribution in [0.4, 0.5) is 4.79 Å². The molecule has 0 heterocycles. The Hall–Kier alpha value is -1.41. The molecule has 0 unspecified atom stereocenters. The molecule has 0 aliphatic heterocycles. The third-order valence-corrected chi connectivity index (χ3v) is 2.22. The van der Waals surface area contributed by atoms with Crippen LogP contribution in [0.15, 0.2) is 5.16 Å². The molecule has 0 aromatic carbocycles. The van der Waals surface area contributed by atoms with Gasteiger partial charge in [-0.1, -0.05) is 22.7 Å². The van der Waals surface area contributed by atoms with Gasteiger partial charge in [0, 0.05) is 12.5 Å². The number of halogens is 1. The van der Waals surface area contributed by atoms with E-state index in [2.05, 4.69) is 11.1 Å². The van der Waals surface area contributed by atoms with E-state index in [0.29, 0.717) is 0 Å². The molecule has 0 rings (SSSR count). The molecular weight excluding hydrogens is 256 g/mol. The van der Waals surface area contributed by atoms with Gasteiger partial charge < -0.3 is 9.94 Å². The number of nitrogens with zero attached hydrogens (tertiary/aromatic N) is 2. The van der Waals surface area contributed by atoms with Gasteiger partial charge in [0.2, 0.25) is 0 Å². The molecule has 6 heteroatoms. The van der Waals surface area contributed by atoms with Gasteiger partial charge in [-0.3, -0.25) is 4.90 Å². The molecule has 1 atom stereocenters. The van der Waals surface area contributed by atoms with Gasteiger partial charge in [-0.2, -0.15) is 0 Å². The number of carbonyl (C=O) groups excluding carboxylic acids is 1. The van der Waals surface area contributed by atoms with Crippen molar-refractivity contribution in [3.8, 4) is 12.3 Å². The van der Waals surface area contributed by atoms with Gasteiger partial charge in [0.25, 0.3) is 0 Å². The highest BCUT2D eigenvalue weighted by molar-refractivity contribution is 6.65. The number of rotatable bonds is 4. The topological polar surface area (TPSA) is 62.1 Å². The minimum absolute atomic E-state index is 0.00748. The predicted molar refractivity (Wildman–Crippen MR) is 70.9 cm³/mol. The van der Waals surface area contributed by atoms with Crippen LogP contribution in [0.1, 0.15) is 34.1 Å². The maximum atomic E-state index is 11.9. The Morgan fingerprint density at radius 3 is 2.56 bits per heavy atom. The Labute approximate surface area is 113 Å². The first kappa shape index (κ1) is 16.6. The zero-order valence-electron chi connectivity index (χ0n) is 11.1. The molecule has 0 saturated carbocycles. The molecule has 102 valence electrons. The Bertz CT molecular complexity index is 355. The van der Waals surface area contributed by atoms with Crippen molar-refractivity contribution in [1.82, 2.24) is 4.90 Å². The highest BCUT2D eigenvalue weighted by Gasteiger charge is 2.26. The molecule has 1 N–H and O–H groups in total. The summed E-state index contributed by atoms with van der Waals surface area (Å²) in [7, 11) is 0. The number of hydrogen-bond acceptors (Lipinski definition) is 4. The zero-order valence-corrected chi connectivity index (χ0v) is 11.9. The Morgan fingerprint density at radius 1 is 1.61 bits per heavy atom. The van der Waals surface area contributed by atoms with Crippen LogP contribution >= 0.6 is 11.6 Å². The van der Waals surface area contributed by atoms with Crippen LogP contribution in [0, 0.1) is 12.3 Å². The average Bonchev–Trinajstić information content (AvgIpc) is 2.22. The molecule has 1 amide bonds. The molecule has 0 spiro atoms. The Kier molecular flexibility index (Phi) is 6.56. The largest absolute Gasteiger partial charge is 0.444 e. The average molecular weight is 275 g/mol. The lowest BCUT2D eigenvalue weighted by atomic mass is 10.2. The summed E-state index contributed by atoms with van der Waals surface area (Å²) >= 11 is 5.61. The maximum Gasteiger partial charge on any atom is 0.411 e. The Morgan fingerprint density at radius 2 is 2.17 bits per heavy atom. The van der Waals surface area contributed by atoms with E-state index in [1.54, 1.807) is 27.7 Å². The van der Waals surface area contributed by atoms with E-state index in [-0.39, 0.29) is 24.2 Å². The van der Waals surface area contributed by atoms with E-state index >= 15 is 0 Å². The molecule has 0 saturated heterocycles. The van der Waals surface area contributed by atoms with Crippen molar-refractivity contribution < 1.29 is 14.7 Å². The van der Waals surface area contributed by atoms with Crippen molar-refractivity contribution >= 4 is 22.9 Å². The first-order valence-electron chi connectivity index (χ1n) is 5.50. The van der Waals surface area contributed by atoms with Crippen molar-refractivity contribution in [2.75, 3.05) is 6.54 Å². The molecule has 18 heavy (non-hydrogen) atoms. The second kappa shape index (κ2) is 7.12. The fraction of sp³-hybridized carbons (Fsp3) is 0.667. The van der Waals surface area contributed by atoms with Gasteiger partial charge in [-0.25, -0.2) is 4.79 Å². The van der Waals surface area contributed by atoms with Gasteiger partial charge >= 0.3 is 6.09 Å². The molecule has 0 aromatic heterocycles. The molecule has 0 aliphatic carbocycles. The highest BCUT2D eigenvalue weighted by atomic mass is 35.5. The van der Waals surface area contributed by atoms with Gasteiger partial charge in [0.15, 0.2) is 0 Å². The van der Waals surface area contributed by atoms with E-state index in [9.17, 15) is 4.79 Å². The molecule has 0 aliphatic rings. The summed E-state index contributed by atoms with van der Waals surface area (Å²) < 4.78 is 5.23. The second-order valence-corrected chi connectivity index (χ2v) is 5.28. The highest BCUT2D eigenvalue weighted by Crippen LogP contribution is 2.14. The smallest absolute Gasteiger partial charge is 0.411 e. The monoisotopic (exact) mass is 274 g/mol. The Balaban J connectivity index is 4.75. The van der Waals surface area contributed by atoms with Crippen molar-refractivity contribution in [3.05, 3.63) is 0 Å². The lowest BCUT2D eigenvalue weighted by Gasteiger charge is -2.30. The van der Waals surface area contributed by atoms with E-state index < -0.39 is 11.7 Å². The number of amides is 1. The molecule has 0 radical (unpaired) electrons. The summed E-state index contributed by atoms with van der Waals surface area (Å²) in [6.45, 7) is 7.16. The van der Waals surface area contributed by atoms with E-state index in [4.69, 9.17) is 28.0 Å². The summed E-state index contributed by atoms with van der Waals surface area (Å²) in [4.78, 5) is 13.3. The molecule has 5 nitrogen and oxygen atoms in total. The summed E-state index contributed by atoms with van der Waals surface area (Å²) in [6.07, 6.45) is 4.91. The molecule has 0 bridgehead atoms. The van der Waals surface area contributed by atoms with Crippen molar-refractivity contribution in [1.29, 1.82) is 0 Å². The third-order valence-electron chi connectivity index (χ3n) is 1.99. The summed E-state index contributed by atoms with van der Waals surface area (Å²) in [5, 5.41) is 11.4. The number of terminal acetylenes is 1. The molecular formula is C12H19ClN2O3. The third kappa shape index (κ3) is 6.36. The normalized spacial score (nSPS) is 13.7. The summed E-state index contributed by atoms with van der Waals surface area (Å²) in [5.74, 6) is 2.39. The first-order valence-corrected chi connectivity index (χ1v) is 5.88. The molecule has 0 aromatic rings. The van der Waals surface area contributed by atoms with Crippen molar-refractivity contribution in [3.63, 3.8) is 0 Å². The minimum atomic E-state index is -0.599. The van der Waals surface area contributed by atoms with Crippen LogP contribution in [-0.4, -0.2) is 39.6 Å². The summed E-state index contributed by atoms with van der Waals surface area (Å²) in [6, 6.07) is -0.320. The lowest BCUT2D eigenvalue weighted by molar-refractivity contribution is 0.0212. The van der Waals surface area contributed by atoms with Crippen LogP contribution in [-0.2, 0) is 4.74 Å². The quantitative estimate of drug-likeness (QED) is 0.371. The SMILES string of the molecule is C#CCN(C(=O)OC(C)(C)C)[C@@H](C)CC(Cl)=NO. The fourth-order valence-electron chi connectivity index (χ4n) is 1.21. The van der Waals surface area contributed by atoms with E-state index in [1.807, 2.05) is 0 Å². The lowest BCUT2D eigenvalue weighted by Crippen LogP contribution is -2.43. The van der Waals surface area contributed by atoms with Gasteiger partial charge in [-0.15, -0.1) is 6.42 Å². The van der Waals surface area contributed by atoms with Crippen LogP contribution in [0.25, 0.3) is 0 Å². The second-order valence-electron chi connectivity index (χ2n) is 4.84. The first-order chi connectivity index (χ1) is 8.21. The predicted octanol–water partition coefficient (Wildman–Crippen LogP) is 2.66. The zero-order chi connectivity index (χ0) is 14.3. The van der Waals surface area contributed by atoms with E-state index in [1.165, 1.54) is 4.90 Å². The minimum Gasteiger partial charge on any atom is -0.444 e. The van der Waals surface area contributed by atoms with Crippen LogP contribution in [0.5, 0.6) is 0 Å². The van der Waals surface area contributed by atoms with Crippen LogP contribution in [0.3, 0.4) is 0 Å². The number of ether oxygens (including phenoxy) is 1. The van der Waals surface area contributed by atoms with Gasteiger partial charge in [0.05, 0.1) is 6.54 Å². The van der Waals surface area contributed by atoms with Gasteiger partial charge in [0.1, 0.15) is 10.8 Å². The van der Waals surface area contributed by atoms with Crippen LogP contribution < -0.4 is 0 Å².